The van der Waals surface area contributed by atoms with Gasteiger partial charge in [-0.1, -0.05) is 59.7 Å². The van der Waals surface area contributed by atoms with Gasteiger partial charge in [-0.05, 0) is 12.5 Å². The molecule has 1 heteroatoms. The maximum atomic E-state index is 5.36. The molecule has 0 unspecified atom stereocenters. The molecule has 0 heterocycles. The zero-order valence-electron chi connectivity index (χ0n) is 7.00. The zero-order valence-corrected chi connectivity index (χ0v) is 7.75. The van der Waals surface area contributed by atoms with Crippen LogP contribution in [0.25, 0.3) is 6.08 Å². The molecule has 1 aromatic rings. The van der Waals surface area contributed by atoms with Gasteiger partial charge >= 0.3 is 0 Å². The van der Waals surface area contributed by atoms with Gasteiger partial charge in [0.15, 0.2) is 0 Å². The van der Waals surface area contributed by atoms with E-state index in [9.17, 15) is 0 Å². The third kappa shape index (κ3) is 2.93. The Balaban J connectivity index is 2.70. The number of aryl methyl sites for hydroxylation is 1. The minimum atomic E-state index is 1.19. The highest BCUT2D eigenvalue weighted by molar-refractivity contribution is 6.25. The fourth-order valence-corrected chi connectivity index (χ4v) is 0.970. The van der Waals surface area contributed by atoms with E-state index in [0.717, 1.165) is 0 Å². The van der Waals surface area contributed by atoms with Gasteiger partial charge in [-0.25, -0.2) is 0 Å². The van der Waals surface area contributed by atoms with Crippen molar-refractivity contribution in [2.24, 2.45) is 0 Å². The number of hydrogen-bond acceptors (Lipinski definition) is 0. The first-order chi connectivity index (χ1) is 5.83. The summed E-state index contributed by atoms with van der Waals surface area (Å²) in [5.74, 6) is 0. The average molecular weight is 179 g/mol. The summed E-state index contributed by atoms with van der Waals surface area (Å²) in [5.41, 5.74) is 3.96. The fourth-order valence-electron chi connectivity index (χ4n) is 0.886. The minimum absolute atomic E-state index is 1.19. The van der Waals surface area contributed by atoms with Crippen molar-refractivity contribution in [3.63, 3.8) is 0 Å². The van der Waals surface area contributed by atoms with E-state index in [1.165, 1.54) is 16.7 Å². The second-order valence-electron chi connectivity index (χ2n) is 2.59. The summed E-state index contributed by atoms with van der Waals surface area (Å²) in [5, 5.41) is 0. The molecule has 0 saturated heterocycles. The first-order valence-corrected chi connectivity index (χ1v) is 4.26. The first kappa shape index (κ1) is 9.08. The summed E-state index contributed by atoms with van der Waals surface area (Å²) in [7, 11) is 0. The van der Waals surface area contributed by atoms with E-state index in [1.54, 1.807) is 6.08 Å². The van der Waals surface area contributed by atoms with Crippen LogP contribution in [0.4, 0.5) is 0 Å². The van der Waals surface area contributed by atoms with Crippen LogP contribution in [-0.2, 0) is 0 Å². The number of rotatable bonds is 2. The molecule has 0 nitrogen and oxygen atoms in total. The van der Waals surface area contributed by atoms with Crippen molar-refractivity contribution >= 4 is 17.7 Å². The Morgan fingerprint density at radius 3 is 2.33 bits per heavy atom. The summed E-state index contributed by atoms with van der Waals surface area (Å²) in [6.07, 6.45) is 5.72. The molecule has 0 amide bonds. The van der Waals surface area contributed by atoms with Gasteiger partial charge in [0.25, 0.3) is 0 Å². The Hall–Kier alpha value is -1.01. The topological polar surface area (TPSA) is 0 Å². The summed E-state index contributed by atoms with van der Waals surface area (Å²) >= 11 is 5.36. The largest absolute Gasteiger partial charge is 0.0930 e. The van der Waals surface area contributed by atoms with E-state index >= 15 is 0 Å². The molecular formula is C11H11Cl. The Morgan fingerprint density at radius 1 is 1.08 bits per heavy atom. The molecule has 0 spiro atoms. The molecule has 1 rings (SSSR count). The van der Waals surface area contributed by atoms with Crippen molar-refractivity contribution in [3.05, 3.63) is 53.1 Å². The number of halogens is 1. The lowest BCUT2D eigenvalue weighted by Crippen LogP contribution is -1.72. The Bertz CT molecular complexity index is 280. The third-order valence-electron chi connectivity index (χ3n) is 1.55. The van der Waals surface area contributed by atoms with E-state index in [0.29, 0.717) is 0 Å². The highest BCUT2D eigenvalue weighted by Crippen LogP contribution is 2.04. The summed E-state index contributed by atoms with van der Waals surface area (Å²) < 4.78 is 0. The molecule has 0 radical (unpaired) electrons. The van der Waals surface area contributed by atoms with E-state index in [4.69, 9.17) is 11.6 Å². The molecular weight excluding hydrogens is 168 g/mol. The van der Waals surface area contributed by atoms with Crippen LogP contribution in [0.3, 0.4) is 0 Å². The van der Waals surface area contributed by atoms with E-state index in [2.05, 4.69) is 31.2 Å². The molecule has 0 aliphatic rings. The predicted molar refractivity (Wildman–Crippen MR) is 55.2 cm³/mol. The maximum absolute atomic E-state index is 5.36. The zero-order chi connectivity index (χ0) is 8.81. The molecule has 0 aliphatic heterocycles. The quantitative estimate of drug-likeness (QED) is 0.605. The van der Waals surface area contributed by atoms with Gasteiger partial charge < -0.3 is 0 Å². The highest BCUT2D eigenvalue weighted by Gasteiger charge is 1.83. The van der Waals surface area contributed by atoms with Crippen molar-refractivity contribution in [1.29, 1.82) is 0 Å². The van der Waals surface area contributed by atoms with Gasteiger partial charge in [-0.15, -0.1) is 0 Å². The van der Waals surface area contributed by atoms with Crippen molar-refractivity contribution < 1.29 is 0 Å². The molecule has 0 aromatic heterocycles. The van der Waals surface area contributed by atoms with Crippen LogP contribution >= 0.6 is 11.6 Å². The van der Waals surface area contributed by atoms with Gasteiger partial charge in [-0.3, -0.25) is 0 Å². The van der Waals surface area contributed by atoms with Crippen LogP contribution in [0, 0.1) is 6.92 Å². The Morgan fingerprint density at radius 2 is 1.75 bits per heavy atom. The van der Waals surface area contributed by atoms with Gasteiger partial charge in [0.1, 0.15) is 0 Å². The number of benzene rings is 1. The van der Waals surface area contributed by atoms with Crippen LogP contribution < -0.4 is 0 Å². The molecule has 12 heavy (non-hydrogen) atoms. The second-order valence-corrected chi connectivity index (χ2v) is 2.84. The molecule has 0 N–H and O–H groups in total. The van der Waals surface area contributed by atoms with Gasteiger partial charge in [-0.2, -0.15) is 0 Å². The monoisotopic (exact) mass is 178 g/mol. The fraction of sp³-hybridized carbons (Fsp3) is 0.0909. The summed E-state index contributed by atoms with van der Waals surface area (Å²) in [6, 6.07) is 8.33. The van der Waals surface area contributed by atoms with Crippen molar-refractivity contribution in [3.8, 4) is 0 Å². The van der Waals surface area contributed by atoms with E-state index in [1.807, 2.05) is 12.2 Å². The first-order valence-electron chi connectivity index (χ1n) is 3.83. The molecule has 0 bridgehead atoms. The lowest BCUT2D eigenvalue weighted by atomic mass is 10.1. The predicted octanol–water partition coefficient (Wildman–Crippen LogP) is 3.76. The van der Waals surface area contributed by atoms with Crippen molar-refractivity contribution in [2.75, 3.05) is 0 Å². The second kappa shape index (κ2) is 4.78. The standard InChI is InChI=1S/C11H11Cl/c1-10-5-7-11(8-6-10)4-2-3-9-12/h2-9H,1H3/b4-2+,9-3+. The molecule has 0 fully saturated rings. The van der Waals surface area contributed by atoms with Crippen LogP contribution in [0.2, 0.25) is 0 Å². The third-order valence-corrected chi connectivity index (χ3v) is 1.70. The molecule has 0 atom stereocenters. The van der Waals surface area contributed by atoms with Crippen molar-refractivity contribution in [2.45, 2.75) is 6.92 Å². The van der Waals surface area contributed by atoms with Crippen LogP contribution in [0.15, 0.2) is 42.0 Å². The van der Waals surface area contributed by atoms with E-state index in [-0.39, 0.29) is 0 Å². The lowest BCUT2D eigenvalue weighted by molar-refractivity contribution is 1.46. The van der Waals surface area contributed by atoms with Crippen LogP contribution in [0.5, 0.6) is 0 Å². The Kier molecular flexibility index (Phi) is 3.62. The molecule has 1 aromatic carbocycles. The van der Waals surface area contributed by atoms with Gasteiger partial charge in [0.05, 0.1) is 0 Å². The smallest absolute Gasteiger partial charge is 0.00424 e. The minimum Gasteiger partial charge on any atom is -0.0930 e. The van der Waals surface area contributed by atoms with Gasteiger partial charge in [0.2, 0.25) is 0 Å². The van der Waals surface area contributed by atoms with Crippen molar-refractivity contribution in [1.82, 2.24) is 0 Å². The van der Waals surface area contributed by atoms with Crippen LogP contribution in [-0.4, -0.2) is 0 Å². The van der Waals surface area contributed by atoms with Crippen LogP contribution in [0.1, 0.15) is 11.1 Å². The number of hydrogen-bond donors (Lipinski definition) is 0. The molecule has 0 saturated carbocycles. The Labute approximate surface area is 78.2 Å². The highest BCUT2D eigenvalue weighted by atomic mass is 35.5. The average Bonchev–Trinajstić information content (AvgIpc) is 2.09. The maximum Gasteiger partial charge on any atom is 0.00424 e. The summed E-state index contributed by atoms with van der Waals surface area (Å²) in [4.78, 5) is 0. The number of allylic oxidation sites excluding steroid dienone is 2. The summed E-state index contributed by atoms with van der Waals surface area (Å²) in [6.45, 7) is 2.08. The van der Waals surface area contributed by atoms with Gasteiger partial charge in [0, 0.05) is 5.54 Å². The molecule has 0 aliphatic carbocycles. The normalized spacial score (nSPS) is 11.5. The lowest BCUT2D eigenvalue weighted by Gasteiger charge is -1.92. The van der Waals surface area contributed by atoms with E-state index < -0.39 is 0 Å². The SMILES string of the molecule is Cc1ccc(/C=C/C=C/Cl)cc1. The molecule has 62 valence electrons.